The molecule has 1 N–H and O–H groups in total. The first-order valence-corrected chi connectivity index (χ1v) is 6.02. The van der Waals surface area contributed by atoms with Gasteiger partial charge >= 0.3 is 0 Å². The topological polar surface area (TPSA) is 21.3 Å². The summed E-state index contributed by atoms with van der Waals surface area (Å²) < 4.78 is 5.13. The van der Waals surface area contributed by atoms with Crippen LogP contribution in [0.15, 0.2) is 0 Å². The van der Waals surface area contributed by atoms with Crippen LogP contribution in [0, 0.1) is 0 Å². The largest absolute Gasteiger partial charge is 0.380 e. The standard InChI is InChI=1S/C5H11NO.C4H8S/c1-2-6-3-5-7-4-1;1-2-4-5-3-1/h6H,1-5H2;1-4H2. The zero-order valence-electron chi connectivity index (χ0n) is 7.68. The number of rotatable bonds is 0. The van der Waals surface area contributed by atoms with E-state index in [2.05, 4.69) is 17.1 Å². The van der Waals surface area contributed by atoms with Crippen molar-refractivity contribution in [3.63, 3.8) is 0 Å². The second-order valence-electron chi connectivity index (χ2n) is 3.04. The van der Waals surface area contributed by atoms with Gasteiger partial charge in [-0.15, -0.1) is 0 Å². The fraction of sp³-hybridized carbons (Fsp3) is 1.00. The van der Waals surface area contributed by atoms with Gasteiger partial charge in [-0.25, -0.2) is 0 Å². The van der Waals surface area contributed by atoms with Gasteiger partial charge in [-0.2, -0.15) is 11.8 Å². The van der Waals surface area contributed by atoms with E-state index in [-0.39, 0.29) is 0 Å². The molecule has 0 unspecified atom stereocenters. The maximum Gasteiger partial charge on any atom is 0.0590 e. The first-order chi connectivity index (χ1) is 6.00. The van der Waals surface area contributed by atoms with E-state index in [1.54, 1.807) is 0 Å². The lowest BCUT2D eigenvalue weighted by atomic mass is 10.4. The first-order valence-electron chi connectivity index (χ1n) is 4.86. The minimum Gasteiger partial charge on any atom is -0.380 e. The highest BCUT2D eigenvalue weighted by molar-refractivity contribution is 7.99. The zero-order valence-corrected chi connectivity index (χ0v) is 8.50. The van der Waals surface area contributed by atoms with Crippen molar-refractivity contribution in [1.82, 2.24) is 5.32 Å². The second kappa shape index (κ2) is 7.90. The van der Waals surface area contributed by atoms with Crippen molar-refractivity contribution >= 4 is 11.8 Å². The van der Waals surface area contributed by atoms with E-state index in [4.69, 9.17) is 4.74 Å². The molecule has 0 saturated carbocycles. The minimum absolute atomic E-state index is 0.889. The molecule has 2 aliphatic rings. The molecule has 0 aliphatic carbocycles. The molecule has 2 saturated heterocycles. The molecule has 2 fully saturated rings. The van der Waals surface area contributed by atoms with E-state index in [9.17, 15) is 0 Å². The summed E-state index contributed by atoms with van der Waals surface area (Å²) in [5.41, 5.74) is 0. The Labute approximate surface area is 79.4 Å². The van der Waals surface area contributed by atoms with Gasteiger partial charge in [0.1, 0.15) is 0 Å². The molecule has 2 heterocycles. The van der Waals surface area contributed by atoms with E-state index in [1.807, 2.05) is 0 Å². The molecular formula is C9H19NOS. The molecule has 0 amide bonds. The number of nitrogens with one attached hydrogen (secondary N) is 1. The van der Waals surface area contributed by atoms with Gasteiger partial charge < -0.3 is 10.1 Å². The molecule has 0 bridgehead atoms. The summed E-state index contributed by atoms with van der Waals surface area (Å²) in [6, 6.07) is 0. The number of thioether (sulfide) groups is 1. The van der Waals surface area contributed by atoms with Gasteiger partial charge in [0, 0.05) is 13.2 Å². The van der Waals surface area contributed by atoms with Gasteiger partial charge in [0.05, 0.1) is 6.61 Å². The number of hydrogen-bond acceptors (Lipinski definition) is 3. The molecule has 72 valence electrons. The predicted molar refractivity (Wildman–Crippen MR) is 54.9 cm³/mol. The molecule has 2 rings (SSSR count). The summed E-state index contributed by atoms with van der Waals surface area (Å²) >= 11 is 2.07. The van der Waals surface area contributed by atoms with E-state index < -0.39 is 0 Å². The summed E-state index contributed by atoms with van der Waals surface area (Å²) in [6.45, 7) is 3.98. The second-order valence-corrected chi connectivity index (χ2v) is 4.26. The van der Waals surface area contributed by atoms with Crippen molar-refractivity contribution in [3.05, 3.63) is 0 Å². The number of hydrogen-bond donors (Lipinski definition) is 1. The van der Waals surface area contributed by atoms with Crippen LogP contribution in [0.2, 0.25) is 0 Å². The van der Waals surface area contributed by atoms with Crippen molar-refractivity contribution in [2.24, 2.45) is 0 Å². The predicted octanol–water partition coefficient (Wildman–Crippen LogP) is 1.51. The van der Waals surface area contributed by atoms with Gasteiger partial charge in [0.2, 0.25) is 0 Å². The van der Waals surface area contributed by atoms with Gasteiger partial charge in [0.25, 0.3) is 0 Å². The highest BCUT2D eigenvalue weighted by Gasteiger charge is 1.95. The Morgan fingerprint density at radius 3 is 2.42 bits per heavy atom. The summed E-state index contributed by atoms with van der Waals surface area (Å²) in [4.78, 5) is 0. The fourth-order valence-electron chi connectivity index (χ4n) is 1.18. The monoisotopic (exact) mass is 189 g/mol. The Hall–Kier alpha value is 0.270. The quantitative estimate of drug-likeness (QED) is 0.624. The van der Waals surface area contributed by atoms with Gasteiger partial charge in [-0.3, -0.25) is 0 Å². The third kappa shape index (κ3) is 5.86. The fourth-order valence-corrected chi connectivity index (χ4v) is 2.20. The SMILES string of the molecule is C1CCSC1.C1CNCCOC1. The molecule has 3 heteroatoms. The maximum absolute atomic E-state index is 5.13. The molecule has 2 aliphatic heterocycles. The Morgan fingerprint density at radius 2 is 1.75 bits per heavy atom. The average Bonchev–Trinajstić information content (AvgIpc) is 2.54. The lowest BCUT2D eigenvalue weighted by Crippen LogP contribution is -2.15. The van der Waals surface area contributed by atoms with Crippen LogP contribution in [0.1, 0.15) is 19.3 Å². The number of ether oxygens (including phenoxy) is 1. The smallest absolute Gasteiger partial charge is 0.0590 e. The molecule has 0 spiro atoms. The molecule has 0 aromatic carbocycles. The van der Waals surface area contributed by atoms with Crippen molar-refractivity contribution in [2.45, 2.75) is 19.3 Å². The van der Waals surface area contributed by atoms with Crippen molar-refractivity contribution < 1.29 is 4.74 Å². The third-order valence-corrected chi connectivity index (χ3v) is 3.05. The lowest BCUT2D eigenvalue weighted by molar-refractivity contribution is 0.151. The molecule has 0 radical (unpaired) electrons. The van der Waals surface area contributed by atoms with Crippen LogP contribution >= 0.6 is 11.8 Å². The highest BCUT2D eigenvalue weighted by Crippen LogP contribution is 2.14. The van der Waals surface area contributed by atoms with Crippen LogP contribution in [0.4, 0.5) is 0 Å². The van der Waals surface area contributed by atoms with Crippen LogP contribution < -0.4 is 5.32 Å². The van der Waals surface area contributed by atoms with Crippen molar-refractivity contribution in [1.29, 1.82) is 0 Å². The molecule has 12 heavy (non-hydrogen) atoms. The molecule has 2 nitrogen and oxygen atoms in total. The highest BCUT2D eigenvalue weighted by atomic mass is 32.2. The van der Waals surface area contributed by atoms with E-state index in [0.717, 1.165) is 26.3 Å². The maximum atomic E-state index is 5.13. The molecular weight excluding hydrogens is 170 g/mol. The Bertz CT molecular complexity index is 69.3. The van der Waals surface area contributed by atoms with Gasteiger partial charge in [-0.1, -0.05) is 0 Å². The van der Waals surface area contributed by atoms with Gasteiger partial charge in [-0.05, 0) is 37.3 Å². The molecule has 0 atom stereocenters. The Morgan fingerprint density at radius 1 is 0.917 bits per heavy atom. The molecule has 0 aromatic heterocycles. The Balaban J connectivity index is 0.000000127. The van der Waals surface area contributed by atoms with Crippen LogP contribution in [-0.4, -0.2) is 37.8 Å². The zero-order chi connectivity index (χ0) is 8.49. The van der Waals surface area contributed by atoms with Crippen molar-refractivity contribution in [3.8, 4) is 0 Å². The summed E-state index contributed by atoms with van der Waals surface area (Å²) in [5, 5.41) is 3.22. The van der Waals surface area contributed by atoms with Crippen LogP contribution in [0.25, 0.3) is 0 Å². The lowest BCUT2D eigenvalue weighted by Gasteiger charge is -1.91. The normalized spacial score (nSPS) is 24.0. The summed E-state index contributed by atoms with van der Waals surface area (Å²) in [5.74, 6) is 2.83. The average molecular weight is 189 g/mol. The third-order valence-electron chi connectivity index (χ3n) is 1.89. The molecule has 0 aromatic rings. The van der Waals surface area contributed by atoms with E-state index >= 15 is 0 Å². The summed E-state index contributed by atoms with van der Waals surface area (Å²) in [6.07, 6.45) is 4.09. The first kappa shape index (κ1) is 10.4. The van der Waals surface area contributed by atoms with Gasteiger partial charge in [0.15, 0.2) is 0 Å². The van der Waals surface area contributed by atoms with Crippen LogP contribution in [0.3, 0.4) is 0 Å². The van der Waals surface area contributed by atoms with Crippen molar-refractivity contribution in [2.75, 3.05) is 37.8 Å². The van der Waals surface area contributed by atoms with Crippen LogP contribution in [0.5, 0.6) is 0 Å². The van der Waals surface area contributed by atoms with E-state index in [0.29, 0.717) is 0 Å². The Kier molecular flexibility index (Phi) is 6.81. The van der Waals surface area contributed by atoms with E-state index in [1.165, 1.54) is 30.8 Å². The van der Waals surface area contributed by atoms with Crippen LogP contribution in [-0.2, 0) is 4.74 Å². The minimum atomic E-state index is 0.889. The summed E-state index contributed by atoms with van der Waals surface area (Å²) in [7, 11) is 0.